The number of para-hydroxylation sites is 1. The number of aromatic nitrogens is 3. The van der Waals surface area contributed by atoms with Crippen LogP contribution in [0.25, 0.3) is 5.69 Å². The molecule has 0 N–H and O–H groups in total. The third kappa shape index (κ3) is 3.13. The van der Waals surface area contributed by atoms with Crippen LogP contribution in [0.15, 0.2) is 36.5 Å². The van der Waals surface area contributed by atoms with E-state index in [0.717, 1.165) is 37.8 Å². The molecule has 1 saturated carbocycles. The van der Waals surface area contributed by atoms with Gasteiger partial charge in [-0.05, 0) is 25.0 Å². The molecule has 26 heavy (non-hydrogen) atoms. The molecular weight excluding hydrogens is 352 g/mol. The number of carbonyl (C=O) groups excluding carboxylic acids is 1. The highest BCUT2D eigenvalue weighted by molar-refractivity contribution is 7.92. The second-order valence-corrected chi connectivity index (χ2v) is 9.55. The van der Waals surface area contributed by atoms with Gasteiger partial charge in [-0.25, -0.2) is 8.42 Å². The van der Waals surface area contributed by atoms with Crippen molar-refractivity contribution < 1.29 is 13.2 Å². The van der Waals surface area contributed by atoms with E-state index in [0.29, 0.717) is 0 Å². The summed E-state index contributed by atoms with van der Waals surface area (Å²) < 4.78 is 25.4. The first-order chi connectivity index (χ1) is 12.6. The molecule has 2 fully saturated rings. The zero-order valence-corrected chi connectivity index (χ0v) is 15.3. The lowest BCUT2D eigenvalue weighted by Gasteiger charge is -2.40. The molecule has 1 aromatic carbocycles. The number of hydrogen-bond acceptors (Lipinski definition) is 5. The molecule has 2 aromatic rings. The number of hydrogen-bond donors (Lipinski definition) is 0. The lowest BCUT2D eigenvalue weighted by atomic mass is 10.0. The molecule has 7 nitrogen and oxygen atoms in total. The summed E-state index contributed by atoms with van der Waals surface area (Å²) in [7, 11) is -3.15. The Hall–Kier alpha value is -2.22. The van der Waals surface area contributed by atoms with Crippen LogP contribution in [-0.4, -0.2) is 57.8 Å². The van der Waals surface area contributed by atoms with E-state index < -0.39 is 15.1 Å². The fourth-order valence-corrected chi connectivity index (χ4v) is 6.00. The second kappa shape index (κ2) is 6.83. The highest BCUT2D eigenvalue weighted by atomic mass is 32.2. The fourth-order valence-electron chi connectivity index (χ4n) is 3.69. The van der Waals surface area contributed by atoms with Crippen LogP contribution in [0.3, 0.4) is 0 Å². The number of amides is 1. The highest BCUT2D eigenvalue weighted by Gasteiger charge is 2.44. The van der Waals surface area contributed by atoms with E-state index in [4.69, 9.17) is 0 Å². The molecule has 0 radical (unpaired) electrons. The number of sulfone groups is 1. The maximum absolute atomic E-state index is 12.7. The van der Waals surface area contributed by atoms with Crippen LogP contribution in [0.5, 0.6) is 0 Å². The zero-order chi connectivity index (χ0) is 18.1. The van der Waals surface area contributed by atoms with Crippen LogP contribution in [0, 0.1) is 0 Å². The van der Waals surface area contributed by atoms with Crippen LogP contribution in [0.1, 0.15) is 42.6 Å². The van der Waals surface area contributed by atoms with Gasteiger partial charge in [0.05, 0.1) is 22.4 Å². The summed E-state index contributed by atoms with van der Waals surface area (Å²) in [5, 5.41) is 7.70. The van der Waals surface area contributed by atoms with Gasteiger partial charge in [0.15, 0.2) is 15.5 Å². The molecule has 0 spiro atoms. The van der Waals surface area contributed by atoms with E-state index in [1.165, 1.54) is 11.0 Å². The van der Waals surface area contributed by atoms with E-state index in [-0.39, 0.29) is 29.9 Å². The summed E-state index contributed by atoms with van der Waals surface area (Å²) in [4.78, 5) is 15.5. The number of carbonyl (C=O) groups is 1. The van der Waals surface area contributed by atoms with Crippen molar-refractivity contribution in [3.8, 4) is 5.69 Å². The van der Waals surface area contributed by atoms with Gasteiger partial charge in [-0.2, -0.15) is 9.90 Å². The minimum absolute atomic E-state index is 0.225. The van der Waals surface area contributed by atoms with Crippen molar-refractivity contribution in [1.29, 1.82) is 0 Å². The molecule has 0 atom stereocenters. The lowest BCUT2D eigenvalue weighted by molar-refractivity contribution is 0.0651. The molecule has 1 aliphatic carbocycles. The normalized spacial score (nSPS) is 19.3. The number of rotatable bonds is 4. The van der Waals surface area contributed by atoms with Gasteiger partial charge >= 0.3 is 0 Å². The topological polar surface area (TPSA) is 85.2 Å². The van der Waals surface area contributed by atoms with Gasteiger partial charge in [0, 0.05) is 13.1 Å². The average molecular weight is 374 g/mol. The molecule has 8 heteroatoms. The lowest BCUT2D eigenvalue weighted by Crippen LogP contribution is -2.58. The van der Waals surface area contributed by atoms with Gasteiger partial charge in [0.1, 0.15) is 0 Å². The van der Waals surface area contributed by atoms with Crippen LogP contribution < -0.4 is 0 Å². The van der Waals surface area contributed by atoms with Gasteiger partial charge in [0.25, 0.3) is 5.91 Å². The van der Waals surface area contributed by atoms with Gasteiger partial charge < -0.3 is 4.90 Å². The number of likely N-dealkylation sites (tertiary alicyclic amines) is 1. The second-order valence-electron chi connectivity index (χ2n) is 7.04. The smallest absolute Gasteiger partial charge is 0.276 e. The quantitative estimate of drug-likeness (QED) is 0.815. The van der Waals surface area contributed by atoms with Crippen LogP contribution in [0.4, 0.5) is 0 Å². The van der Waals surface area contributed by atoms with Gasteiger partial charge in [-0.15, -0.1) is 5.10 Å². The van der Waals surface area contributed by atoms with Crippen molar-refractivity contribution in [3.05, 3.63) is 42.2 Å². The van der Waals surface area contributed by atoms with Crippen LogP contribution in [-0.2, 0) is 9.84 Å². The predicted octanol–water partition coefficient (Wildman–Crippen LogP) is 1.84. The first-order valence-corrected chi connectivity index (χ1v) is 10.7. The van der Waals surface area contributed by atoms with E-state index in [1.807, 2.05) is 30.3 Å². The molecule has 4 rings (SSSR count). The molecule has 1 amide bonds. The number of nitrogens with zero attached hydrogens (tertiary/aromatic N) is 4. The zero-order valence-electron chi connectivity index (χ0n) is 14.5. The first-order valence-electron chi connectivity index (χ1n) is 9.05. The summed E-state index contributed by atoms with van der Waals surface area (Å²) in [5.74, 6) is -0.262. The van der Waals surface area contributed by atoms with Crippen molar-refractivity contribution in [2.24, 2.45) is 0 Å². The van der Waals surface area contributed by atoms with E-state index >= 15 is 0 Å². The highest BCUT2D eigenvalue weighted by Crippen LogP contribution is 2.30. The molecule has 1 aliphatic heterocycles. The van der Waals surface area contributed by atoms with E-state index in [9.17, 15) is 13.2 Å². The van der Waals surface area contributed by atoms with Crippen molar-refractivity contribution in [2.45, 2.75) is 42.6 Å². The molecule has 2 aliphatic rings. The molecule has 138 valence electrons. The molecular formula is C18H22N4O3S. The van der Waals surface area contributed by atoms with Crippen molar-refractivity contribution in [1.82, 2.24) is 19.9 Å². The van der Waals surface area contributed by atoms with Crippen molar-refractivity contribution in [3.63, 3.8) is 0 Å². The summed E-state index contributed by atoms with van der Waals surface area (Å²) >= 11 is 0. The Bertz CT molecular complexity index is 882. The average Bonchev–Trinajstić information content (AvgIpc) is 3.12. The molecule has 1 saturated heterocycles. The Morgan fingerprint density at radius 2 is 1.69 bits per heavy atom. The third-order valence-corrected chi connectivity index (χ3v) is 7.94. The minimum Gasteiger partial charge on any atom is -0.334 e. The summed E-state index contributed by atoms with van der Waals surface area (Å²) in [5.41, 5.74) is 1.01. The van der Waals surface area contributed by atoms with E-state index in [2.05, 4.69) is 10.2 Å². The molecule has 2 heterocycles. The Labute approximate surface area is 152 Å². The molecule has 0 bridgehead atoms. The van der Waals surface area contributed by atoms with Gasteiger partial charge in [-0.3, -0.25) is 4.79 Å². The minimum atomic E-state index is -3.15. The third-order valence-electron chi connectivity index (χ3n) is 5.31. The Balaban J connectivity index is 1.40. The first kappa shape index (κ1) is 17.2. The predicted molar refractivity (Wildman–Crippen MR) is 96.8 cm³/mol. The standard InChI is InChI=1S/C18H22N4O3S/c23-18(17-11-19-22(20-17)14-7-3-1-4-8-14)21-12-16(13-21)26(24,25)15-9-5-2-6-10-15/h1,3-4,7-8,11,15-16H,2,5-6,9-10,12-13H2. The van der Waals surface area contributed by atoms with Crippen molar-refractivity contribution in [2.75, 3.05) is 13.1 Å². The van der Waals surface area contributed by atoms with Crippen LogP contribution in [0.2, 0.25) is 0 Å². The Morgan fingerprint density at radius 1 is 1.00 bits per heavy atom. The largest absolute Gasteiger partial charge is 0.334 e. The van der Waals surface area contributed by atoms with E-state index in [1.54, 1.807) is 4.90 Å². The maximum Gasteiger partial charge on any atom is 0.276 e. The summed E-state index contributed by atoms with van der Waals surface area (Å²) in [6, 6.07) is 9.34. The summed E-state index contributed by atoms with van der Waals surface area (Å²) in [6.07, 6.45) is 6.05. The fraction of sp³-hybridized carbons (Fsp3) is 0.500. The van der Waals surface area contributed by atoms with Crippen molar-refractivity contribution >= 4 is 15.7 Å². The van der Waals surface area contributed by atoms with Gasteiger partial charge in [0.2, 0.25) is 0 Å². The molecule has 1 aromatic heterocycles. The maximum atomic E-state index is 12.7. The van der Waals surface area contributed by atoms with Crippen LogP contribution >= 0.6 is 0 Å². The van der Waals surface area contributed by atoms with Gasteiger partial charge in [-0.1, -0.05) is 37.5 Å². The number of benzene rings is 1. The summed E-state index contributed by atoms with van der Waals surface area (Å²) in [6.45, 7) is 0.520. The molecule has 0 unspecified atom stereocenters. The Morgan fingerprint density at radius 3 is 2.38 bits per heavy atom. The monoisotopic (exact) mass is 374 g/mol. The Kier molecular flexibility index (Phi) is 4.52. The SMILES string of the molecule is O=C(c1cnn(-c2ccccc2)n1)N1CC(S(=O)(=O)C2CCCCC2)C1.